The minimum absolute atomic E-state index is 0.520. The maximum atomic E-state index is 7.68. The summed E-state index contributed by atoms with van der Waals surface area (Å²) in [6.07, 6.45) is 2.72. The standard InChI is InChI=1S/C52H50O7/c1-53-31-27-41-37-19-11-13-21-39(37)45(29-33-55-3)49-43(41)23-25-47(57-35-15-7-5-8-16-35)51(49)59-52-48(58-36-17-9-6-10-18-36)26-24-44-42(28-32-54-2)38-20-12-14-22-40(38)46(50(44)52)30-34-56-4/h5-26H,27-34H2,1-4H3. The molecule has 0 radical (unpaired) electrons. The van der Waals surface area contributed by atoms with Crippen molar-refractivity contribution in [3.63, 3.8) is 0 Å². The maximum absolute atomic E-state index is 7.68. The van der Waals surface area contributed by atoms with Gasteiger partial charge in [0.2, 0.25) is 0 Å². The number of hydrogen-bond donors (Lipinski definition) is 0. The van der Waals surface area contributed by atoms with Crippen molar-refractivity contribution in [3.8, 4) is 34.5 Å². The molecule has 0 saturated carbocycles. The molecule has 0 saturated heterocycles. The highest BCUT2D eigenvalue weighted by atomic mass is 16.5. The monoisotopic (exact) mass is 786 g/mol. The van der Waals surface area contributed by atoms with Crippen LogP contribution in [0, 0.1) is 0 Å². The van der Waals surface area contributed by atoms with Gasteiger partial charge in [-0.2, -0.15) is 0 Å². The molecule has 0 atom stereocenters. The van der Waals surface area contributed by atoms with Crippen LogP contribution in [0.15, 0.2) is 133 Å². The average Bonchev–Trinajstić information content (AvgIpc) is 3.28. The lowest BCUT2D eigenvalue weighted by Gasteiger charge is -2.24. The number of hydrogen-bond acceptors (Lipinski definition) is 7. The lowest BCUT2D eigenvalue weighted by Crippen LogP contribution is -2.06. The number of fused-ring (bicyclic) bond motifs is 4. The first-order valence-corrected chi connectivity index (χ1v) is 20.2. The molecule has 8 rings (SSSR count). The summed E-state index contributed by atoms with van der Waals surface area (Å²) < 4.78 is 44.3. The van der Waals surface area contributed by atoms with Crippen LogP contribution in [0.1, 0.15) is 22.3 Å². The molecule has 0 amide bonds. The second-order valence-corrected chi connectivity index (χ2v) is 14.5. The van der Waals surface area contributed by atoms with E-state index in [1.807, 2.05) is 72.8 Å². The summed E-state index contributed by atoms with van der Waals surface area (Å²) in [6, 6.07) is 45.3. The van der Waals surface area contributed by atoms with E-state index in [-0.39, 0.29) is 0 Å². The lowest BCUT2D eigenvalue weighted by molar-refractivity contribution is 0.202. The fourth-order valence-electron chi connectivity index (χ4n) is 8.38. The highest BCUT2D eigenvalue weighted by molar-refractivity contribution is 6.11. The van der Waals surface area contributed by atoms with Gasteiger partial charge in [-0.15, -0.1) is 0 Å². The Balaban J connectivity index is 1.51. The first kappa shape index (κ1) is 39.8. The Kier molecular flexibility index (Phi) is 12.7. The quantitative estimate of drug-likeness (QED) is 0.0803. The number of para-hydroxylation sites is 2. The number of benzene rings is 8. The van der Waals surface area contributed by atoms with Crippen LogP contribution in [0.3, 0.4) is 0 Å². The highest BCUT2D eigenvalue weighted by Crippen LogP contribution is 2.51. The van der Waals surface area contributed by atoms with Crippen LogP contribution in [0.5, 0.6) is 34.5 Å². The van der Waals surface area contributed by atoms with E-state index in [0.29, 0.717) is 86.6 Å². The Bertz CT molecular complexity index is 2510. The summed E-state index contributed by atoms with van der Waals surface area (Å²) in [6.45, 7) is 2.17. The Morgan fingerprint density at radius 3 is 0.983 bits per heavy atom. The van der Waals surface area contributed by atoms with Gasteiger partial charge >= 0.3 is 0 Å². The van der Waals surface area contributed by atoms with Crippen LogP contribution < -0.4 is 14.2 Å². The number of ether oxygens (including phenoxy) is 7. The van der Waals surface area contributed by atoms with Crippen LogP contribution in [-0.2, 0) is 44.6 Å². The second-order valence-electron chi connectivity index (χ2n) is 14.5. The maximum Gasteiger partial charge on any atom is 0.178 e. The molecule has 7 nitrogen and oxygen atoms in total. The lowest BCUT2D eigenvalue weighted by atomic mass is 9.88. The molecule has 300 valence electrons. The molecular formula is C52H50O7. The zero-order valence-electron chi connectivity index (χ0n) is 34.2. The molecular weight excluding hydrogens is 737 g/mol. The SMILES string of the molecule is COCCc1c2ccccc2c(CCOC)c2c(Oc3c(Oc4ccccc4)ccc4c(CCOC)c5ccccc5c(CCOC)c34)c(Oc3ccccc3)ccc12. The van der Waals surface area contributed by atoms with E-state index in [1.54, 1.807) is 28.4 Å². The molecule has 0 unspecified atom stereocenters. The van der Waals surface area contributed by atoms with Gasteiger partial charge in [-0.05, 0) is 117 Å². The Morgan fingerprint density at radius 2 is 0.627 bits per heavy atom. The molecule has 8 aromatic carbocycles. The molecule has 0 heterocycles. The predicted molar refractivity (Wildman–Crippen MR) is 238 cm³/mol. The summed E-state index contributed by atoms with van der Waals surface area (Å²) in [5.41, 5.74) is 4.59. The van der Waals surface area contributed by atoms with E-state index in [2.05, 4.69) is 60.7 Å². The predicted octanol–water partition coefficient (Wildman–Crippen LogP) is 12.4. The Labute approximate surface area is 346 Å². The van der Waals surface area contributed by atoms with Crippen molar-refractivity contribution in [1.29, 1.82) is 0 Å². The summed E-state index contributed by atoms with van der Waals surface area (Å²) in [5, 5.41) is 8.69. The van der Waals surface area contributed by atoms with Crippen LogP contribution in [0.2, 0.25) is 0 Å². The van der Waals surface area contributed by atoms with E-state index in [0.717, 1.165) is 43.4 Å². The molecule has 0 aliphatic rings. The van der Waals surface area contributed by atoms with Crippen LogP contribution >= 0.6 is 0 Å². The van der Waals surface area contributed by atoms with Gasteiger partial charge in [0, 0.05) is 39.2 Å². The highest BCUT2D eigenvalue weighted by Gasteiger charge is 2.26. The zero-order chi connectivity index (χ0) is 40.6. The van der Waals surface area contributed by atoms with Gasteiger partial charge in [0.25, 0.3) is 0 Å². The van der Waals surface area contributed by atoms with Crippen molar-refractivity contribution in [2.24, 2.45) is 0 Å². The molecule has 7 heteroatoms. The third-order valence-electron chi connectivity index (χ3n) is 11.0. The van der Waals surface area contributed by atoms with E-state index in [9.17, 15) is 0 Å². The van der Waals surface area contributed by atoms with Crippen molar-refractivity contribution in [2.45, 2.75) is 25.7 Å². The summed E-state index contributed by atoms with van der Waals surface area (Å²) in [7, 11) is 6.99. The molecule has 0 N–H and O–H groups in total. The number of methoxy groups -OCH3 is 4. The minimum Gasteiger partial charge on any atom is -0.453 e. The summed E-state index contributed by atoms with van der Waals surface area (Å²) in [4.78, 5) is 0. The molecule has 0 bridgehead atoms. The van der Waals surface area contributed by atoms with E-state index < -0.39 is 0 Å². The first-order chi connectivity index (χ1) is 29.1. The van der Waals surface area contributed by atoms with Gasteiger partial charge in [-0.25, -0.2) is 0 Å². The first-order valence-electron chi connectivity index (χ1n) is 20.2. The topological polar surface area (TPSA) is 64.6 Å². The third-order valence-corrected chi connectivity index (χ3v) is 11.0. The van der Waals surface area contributed by atoms with Crippen LogP contribution in [0.4, 0.5) is 0 Å². The van der Waals surface area contributed by atoms with E-state index >= 15 is 0 Å². The largest absolute Gasteiger partial charge is 0.453 e. The van der Waals surface area contributed by atoms with Crippen LogP contribution in [-0.4, -0.2) is 54.9 Å². The second kappa shape index (κ2) is 18.7. The van der Waals surface area contributed by atoms with Crippen molar-refractivity contribution in [3.05, 3.63) is 156 Å². The molecule has 59 heavy (non-hydrogen) atoms. The molecule has 0 aliphatic heterocycles. The van der Waals surface area contributed by atoms with Crippen molar-refractivity contribution >= 4 is 43.1 Å². The third kappa shape index (κ3) is 8.20. The molecule has 0 aromatic heterocycles. The molecule has 0 aliphatic carbocycles. The van der Waals surface area contributed by atoms with Gasteiger partial charge in [0.15, 0.2) is 23.0 Å². The van der Waals surface area contributed by atoms with Crippen molar-refractivity contribution in [1.82, 2.24) is 0 Å². The fraction of sp³-hybridized carbons (Fsp3) is 0.231. The molecule has 8 aromatic rings. The molecule has 0 fully saturated rings. The Morgan fingerprint density at radius 1 is 0.305 bits per heavy atom. The fourth-order valence-corrected chi connectivity index (χ4v) is 8.38. The van der Waals surface area contributed by atoms with Gasteiger partial charge in [0.1, 0.15) is 11.5 Å². The van der Waals surface area contributed by atoms with Gasteiger partial charge in [-0.1, -0.05) is 97.1 Å². The van der Waals surface area contributed by atoms with Crippen molar-refractivity contribution in [2.75, 3.05) is 54.9 Å². The summed E-state index contributed by atoms with van der Waals surface area (Å²) >= 11 is 0. The zero-order valence-corrected chi connectivity index (χ0v) is 34.2. The number of rotatable bonds is 18. The van der Waals surface area contributed by atoms with Crippen molar-refractivity contribution < 1.29 is 33.2 Å². The normalized spacial score (nSPS) is 11.5. The Hall–Kier alpha value is -5.96. The van der Waals surface area contributed by atoms with Crippen LogP contribution in [0.25, 0.3) is 43.1 Å². The van der Waals surface area contributed by atoms with E-state index in [1.165, 1.54) is 21.9 Å². The summed E-state index contributed by atoms with van der Waals surface area (Å²) in [5.74, 6) is 3.74. The van der Waals surface area contributed by atoms with Gasteiger partial charge in [0.05, 0.1) is 26.4 Å². The van der Waals surface area contributed by atoms with Gasteiger partial charge in [-0.3, -0.25) is 0 Å². The average molecular weight is 787 g/mol. The minimum atomic E-state index is 0.520. The molecule has 0 spiro atoms. The smallest absolute Gasteiger partial charge is 0.178 e. The van der Waals surface area contributed by atoms with Gasteiger partial charge < -0.3 is 33.2 Å². The van der Waals surface area contributed by atoms with E-state index in [4.69, 9.17) is 33.2 Å².